The van der Waals surface area contributed by atoms with E-state index in [2.05, 4.69) is 5.32 Å². The second-order valence-electron chi connectivity index (χ2n) is 8.35. The van der Waals surface area contributed by atoms with Crippen LogP contribution in [0.25, 0.3) is 0 Å². The maximum atomic E-state index is 12.1. The van der Waals surface area contributed by atoms with E-state index >= 15 is 0 Å². The average Bonchev–Trinajstić information content (AvgIpc) is 2.86. The molecule has 3 aromatic rings. The molecular formula is C28H32ClN2O4+. The molecule has 1 N–H and O–H groups in total. The fourth-order valence-corrected chi connectivity index (χ4v) is 3.63. The normalized spacial score (nSPS) is 10.6. The summed E-state index contributed by atoms with van der Waals surface area (Å²) in [6.07, 6.45) is 10.2. The maximum absolute atomic E-state index is 12.1. The molecule has 184 valence electrons. The monoisotopic (exact) mass is 495 g/mol. The lowest BCUT2D eigenvalue weighted by Gasteiger charge is -2.08. The molecule has 35 heavy (non-hydrogen) atoms. The lowest BCUT2D eigenvalue weighted by atomic mass is 10.1. The zero-order valence-electron chi connectivity index (χ0n) is 20.0. The summed E-state index contributed by atoms with van der Waals surface area (Å²) in [5.41, 5.74) is 1.13. The Labute approximate surface area is 211 Å². The summed E-state index contributed by atoms with van der Waals surface area (Å²) in [6, 6.07) is 17.3. The second kappa shape index (κ2) is 14.1. The van der Waals surface area contributed by atoms with Crippen molar-refractivity contribution in [2.45, 2.75) is 38.5 Å². The van der Waals surface area contributed by atoms with Crippen LogP contribution in [0.5, 0.6) is 11.5 Å². The highest BCUT2D eigenvalue weighted by Crippen LogP contribution is 2.20. The van der Waals surface area contributed by atoms with E-state index in [0.29, 0.717) is 35.1 Å². The molecule has 0 radical (unpaired) electrons. The summed E-state index contributed by atoms with van der Waals surface area (Å²) in [7, 11) is 1.90. The number of pyridine rings is 1. The van der Waals surface area contributed by atoms with E-state index in [1.54, 1.807) is 48.5 Å². The highest BCUT2D eigenvalue weighted by Gasteiger charge is 2.09. The molecule has 0 aliphatic heterocycles. The molecule has 0 saturated carbocycles. The number of rotatable bonds is 13. The molecule has 0 spiro atoms. The summed E-state index contributed by atoms with van der Waals surface area (Å²) >= 11 is 5.84. The molecule has 2 aromatic carbocycles. The number of carbonyl (C=O) groups is 2. The minimum Gasteiger partial charge on any atom is -0.494 e. The number of nitrogens with zero attached hydrogens (tertiary/aromatic N) is 1. The molecule has 1 heterocycles. The summed E-state index contributed by atoms with van der Waals surface area (Å²) in [5, 5.41) is 3.55. The van der Waals surface area contributed by atoms with Crippen molar-refractivity contribution >= 4 is 23.5 Å². The first-order chi connectivity index (χ1) is 17.0. The topological polar surface area (TPSA) is 68.5 Å². The number of aryl methyl sites for hydroxylation is 1. The van der Waals surface area contributed by atoms with Crippen LogP contribution < -0.4 is 19.4 Å². The Morgan fingerprint density at radius 1 is 0.829 bits per heavy atom. The Kier molecular flexibility index (Phi) is 10.6. The van der Waals surface area contributed by atoms with Gasteiger partial charge in [0.2, 0.25) is 0 Å². The van der Waals surface area contributed by atoms with Crippen LogP contribution in [0.2, 0.25) is 5.02 Å². The van der Waals surface area contributed by atoms with Crippen LogP contribution >= 0.6 is 11.6 Å². The third kappa shape index (κ3) is 9.41. The number of esters is 1. The zero-order chi connectivity index (χ0) is 24.9. The Morgan fingerprint density at radius 3 is 2.20 bits per heavy atom. The van der Waals surface area contributed by atoms with E-state index in [0.717, 1.165) is 44.3 Å². The summed E-state index contributed by atoms with van der Waals surface area (Å²) in [6.45, 7) is 1.35. The number of unbranched alkanes of at least 4 members (excludes halogenated alkanes) is 5. The van der Waals surface area contributed by atoms with Gasteiger partial charge in [0.25, 0.3) is 5.91 Å². The SMILES string of the molecule is C[n+]1cccc(C(=O)NCCCCCCCCOc2ccc(OC(=O)c3ccc(Cl)cc3)cc2)c1. The van der Waals surface area contributed by atoms with E-state index in [1.165, 1.54) is 0 Å². The number of hydrogen-bond acceptors (Lipinski definition) is 4. The second-order valence-corrected chi connectivity index (χ2v) is 8.79. The van der Waals surface area contributed by atoms with Crippen LogP contribution in [0.4, 0.5) is 0 Å². The van der Waals surface area contributed by atoms with Crippen molar-refractivity contribution in [1.82, 2.24) is 5.32 Å². The molecular weight excluding hydrogens is 464 g/mol. The van der Waals surface area contributed by atoms with Crippen LogP contribution in [0.3, 0.4) is 0 Å². The van der Waals surface area contributed by atoms with Gasteiger partial charge in [0, 0.05) is 17.6 Å². The predicted octanol–water partition coefficient (Wildman–Crippen LogP) is 5.53. The highest BCUT2D eigenvalue weighted by atomic mass is 35.5. The first kappa shape index (κ1) is 26.2. The average molecular weight is 496 g/mol. The molecule has 0 bridgehead atoms. The van der Waals surface area contributed by atoms with Gasteiger partial charge in [-0.25, -0.2) is 9.36 Å². The fraction of sp³-hybridized carbons (Fsp3) is 0.321. The van der Waals surface area contributed by atoms with E-state index in [-0.39, 0.29) is 5.91 Å². The van der Waals surface area contributed by atoms with Gasteiger partial charge in [-0.1, -0.05) is 37.3 Å². The number of amides is 1. The van der Waals surface area contributed by atoms with Crippen molar-refractivity contribution in [2.24, 2.45) is 7.05 Å². The number of benzene rings is 2. The minimum atomic E-state index is -0.428. The third-order valence-corrected chi connectivity index (χ3v) is 5.69. The van der Waals surface area contributed by atoms with E-state index in [4.69, 9.17) is 21.1 Å². The number of ether oxygens (including phenoxy) is 2. The maximum Gasteiger partial charge on any atom is 0.343 e. The van der Waals surface area contributed by atoms with Gasteiger partial charge in [0.1, 0.15) is 24.1 Å². The largest absolute Gasteiger partial charge is 0.494 e. The van der Waals surface area contributed by atoms with Crippen LogP contribution in [0, 0.1) is 0 Å². The Morgan fingerprint density at radius 2 is 1.49 bits per heavy atom. The highest BCUT2D eigenvalue weighted by molar-refractivity contribution is 6.30. The lowest BCUT2D eigenvalue weighted by molar-refractivity contribution is -0.671. The Balaban J connectivity index is 1.21. The summed E-state index contributed by atoms with van der Waals surface area (Å²) < 4.78 is 13.0. The Bertz CT molecular complexity index is 1080. The van der Waals surface area contributed by atoms with Crippen molar-refractivity contribution < 1.29 is 23.6 Å². The number of aromatic nitrogens is 1. The van der Waals surface area contributed by atoms with Crippen LogP contribution in [-0.4, -0.2) is 25.0 Å². The molecule has 0 unspecified atom stereocenters. The quantitative estimate of drug-likeness (QED) is 0.146. The number of nitrogens with one attached hydrogen (secondary N) is 1. The Hall–Kier alpha value is -3.38. The van der Waals surface area contributed by atoms with Crippen LogP contribution in [0.1, 0.15) is 59.2 Å². The van der Waals surface area contributed by atoms with Crippen molar-refractivity contribution in [1.29, 1.82) is 0 Å². The van der Waals surface area contributed by atoms with Gasteiger partial charge in [-0.15, -0.1) is 0 Å². The minimum absolute atomic E-state index is 0.0221. The van der Waals surface area contributed by atoms with Gasteiger partial charge in [-0.3, -0.25) is 4.79 Å². The molecule has 0 saturated heterocycles. The number of halogens is 1. The molecule has 0 fully saturated rings. The molecule has 3 rings (SSSR count). The van der Waals surface area contributed by atoms with Gasteiger partial charge >= 0.3 is 5.97 Å². The first-order valence-corrected chi connectivity index (χ1v) is 12.3. The molecule has 0 aliphatic rings. The van der Waals surface area contributed by atoms with Crippen molar-refractivity contribution in [3.63, 3.8) is 0 Å². The van der Waals surface area contributed by atoms with E-state index in [9.17, 15) is 9.59 Å². The zero-order valence-corrected chi connectivity index (χ0v) is 20.8. The van der Waals surface area contributed by atoms with Crippen LogP contribution in [-0.2, 0) is 7.05 Å². The smallest absolute Gasteiger partial charge is 0.343 e. The standard InChI is InChI=1S/C28H31ClN2O4/c1-31-19-8-9-23(21-31)27(32)30-18-6-4-2-3-5-7-20-34-25-14-16-26(17-15-25)35-28(33)22-10-12-24(29)13-11-22/h8-17,19,21H,2-7,18,20H2,1H3/p+1. The predicted molar refractivity (Wildman–Crippen MR) is 136 cm³/mol. The summed E-state index contributed by atoms with van der Waals surface area (Å²) in [5.74, 6) is 0.763. The van der Waals surface area contributed by atoms with Crippen LogP contribution in [0.15, 0.2) is 73.1 Å². The molecule has 0 atom stereocenters. The molecule has 1 aromatic heterocycles. The van der Waals surface area contributed by atoms with Gasteiger partial charge in [-0.05, 0) is 67.4 Å². The fourth-order valence-electron chi connectivity index (χ4n) is 3.51. The van der Waals surface area contributed by atoms with Gasteiger partial charge in [0.05, 0.1) is 12.2 Å². The van der Waals surface area contributed by atoms with Gasteiger partial charge < -0.3 is 14.8 Å². The van der Waals surface area contributed by atoms with E-state index < -0.39 is 5.97 Å². The van der Waals surface area contributed by atoms with Crippen molar-refractivity contribution in [3.8, 4) is 11.5 Å². The van der Waals surface area contributed by atoms with Gasteiger partial charge in [-0.2, -0.15) is 0 Å². The van der Waals surface area contributed by atoms with E-state index in [1.807, 2.05) is 36.1 Å². The molecule has 6 nitrogen and oxygen atoms in total. The van der Waals surface area contributed by atoms with Crippen molar-refractivity contribution in [2.75, 3.05) is 13.2 Å². The first-order valence-electron chi connectivity index (χ1n) is 12.0. The lowest BCUT2D eigenvalue weighted by Crippen LogP contribution is -2.31. The number of hydrogen-bond donors (Lipinski definition) is 1. The third-order valence-electron chi connectivity index (χ3n) is 5.44. The van der Waals surface area contributed by atoms with Gasteiger partial charge in [0.15, 0.2) is 12.4 Å². The molecule has 7 heteroatoms. The number of carbonyl (C=O) groups excluding carboxylic acids is 2. The molecule has 1 amide bonds. The van der Waals surface area contributed by atoms with Crippen molar-refractivity contribution in [3.05, 3.63) is 89.2 Å². The summed E-state index contributed by atoms with van der Waals surface area (Å²) in [4.78, 5) is 24.2. The molecule has 0 aliphatic carbocycles.